The van der Waals surface area contributed by atoms with E-state index in [1.165, 1.54) is 28.7 Å². The van der Waals surface area contributed by atoms with Crippen molar-refractivity contribution in [1.29, 1.82) is 0 Å². The van der Waals surface area contributed by atoms with E-state index in [4.69, 9.17) is 0 Å². The Morgan fingerprint density at radius 1 is 1.24 bits per heavy atom. The molecule has 0 aliphatic rings. The molecule has 6 nitrogen and oxygen atoms in total. The quantitative estimate of drug-likeness (QED) is 0.410. The first kappa shape index (κ1) is 17.2. The molecule has 0 bridgehead atoms. The highest BCUT2D eigenvalue weighted by Crippen LogP contribution is 2.27. The van der Waals surface area contributed by atoms with Crippen molar-refractivity contribution in [2.45, 2.75) is 11.3 Å². The van der Waals surface area contributed by atoms with Gasteiger partial charge in [0.15, 0.2) is 9.35 Å². The van der Waals surface area contributed by atoms with Gasteiger partial charge in [-0.1, -0.05) is 59.0 Å². The molecule has 3 aromatic rings. The molecule has 0 unspecified atom stereocenters. The maximum absolute atomic E-state index is 11.8. The number of pyridine rings is 1. The normalized spacial score (nSPS) is 10.9. The fourth-order valence-electron chi connectivity index (χ4n) is 1.85. The fraction of sp³-hybridized carbons (Fsp3) is 0.118. The van der Waals surface area contributed by atoms with Crippen molar-refractivity contribution in [3.05, 3.63) is 59.8 Å². The molecule has 2 aromatic heterocycles. The van der Waals surface area contributed by atoms with Gasteiger partial charge in [0.05, 0.1) is 12.0 Å². The molecule has 0 saturated carbocycles. The number of carbonyl (C=O) groups is 1. The van der Waals surface area contributed by atoms with Crippen molar-refractivity contribution < 1.29 is 4.79 Å². The molecule has 8 heteroatoms. The predicted octanol–water partition coefficient (Wildman–Crippen LogP) is 3.15. The molecule has 0 radical (unpaired) electrons. The summed E-state index contributed by atoms with van der Waals surface area (Å²) < 4.78 is 0.721. The number of thioether (sulfide) groups is 1. The van der Waals surface area contributed by atoms with Crippen LogP contribution in [-0.2, 0) is 4.79 Å². The Balaban J connectivity index is 1.48. The number of aromatic nitrogens is 3. The first-order valence-electron chi connectivity index (χ1n) is 7.47. The van der Waals surface area contributed by atoms with E-state index in [0.29, 0.717) is 0 Å². The van der Waals surface area contributed by atoms with E-state index in [9.17, 15) is 4.79 Å². The number of aryl methyl sites for hydroxylation is 1. The van der Waals surface area contributed by atoms with Crippen LogP contribution in [0.4, 0.5) is 0 Å². The fourth-order valence-corrected chi connectivity index (χ4v) is 3.47. The topological polar surface area (TPSA) is 80.1 Å². The number of hydrazone groups is 1. The van der Waals surface area contributed by atoms with Gasteiger partial charge in [-0.2, -0.15) is 5.10 Å². The molecular formula is C17H15N5OS2. The molecule has 25 heavy (non-hydrogen) atoms. The number of hydrogen-bond donors (Lipinski definition) is 1. The van der Waals surface area contributed by atoms with Crippen molar-refractivity contribution in [3.8, 4) is 10.7 Å². The Morgan fingerprint density at radius 3 is 2.84 bits per heavy atom. The van der Waals surface area contributed by atoms with Crippen molar-refractivity contribution >= 4 is 35.2 Å². The van der Waals surface area contributed by atoms with Gasteiger partial charge >= 0.3 is 0 Å². The molecule has 126 valence electrons. The first-order chi connectivity index (χ1) is 12.2. The Kier molecular flexibility index (Phi) is 5.86. The van der Waals surface area contributed by atoms with Crippen LogP contribution in [0.3, 0.4) is 0 Å². The Bertz CT molecular complexity index is 862. The van der Waals surface area contributed by atoms with Crippen molar-refractivity contribution in [2.75, 3.05) is 5.75 Å². The second-order valence-electron chi connectivity index (χ2n) is 5.08. The number of amides is 1. The molecule has 2 heterocycles. The predicted molar refractivity (Wildman–Crippen MR) is 101 cm³/mol. The van der Waals surface area contributed by atoms with Crippen molar-refractivity contribution in [1.82, 2.24) is 20.6 Å². The van der Waals surface area contributed by atoms with E-state index in [1.807, 2.05) is 49.4 Å². The van der Waals surface area contributed by atoms with Crippen LogP contribution < -0.4 is 5.43 Å². The number of nitrogens with zero attached hydrogens (tertiary/aromatic N) is 4. The second-order valence-corrected chi connectivity index (χ2v) is 7.28. The van der Waals surface area contributed by atoms with Crippen LogP contribution in [0.25, 0.3) is 10.7 Å². The van der Waals surface area contributed by atoms with E-state index >= 15 is 0 Å². The summed E-state index contributed by atoms with van der Waals surface area (Å²) in [6.45, 7) is 2.02. The molecule has 0 aliphatic carbocycles. The number of hydrogen-bond acceptors (Lipinski definition) is 7. The number of benzene rings is 1. The lowest BCUT2D eigenvalue weighted by Crippen LogP contribution is -2.19. The van der Waals surface area contributed by atoms with Crippen LogP contribution in [0.15, 0.2) is 58.1 Å². The van der Waals surface area contributed by atoms with Crippen LogP contribution in [-0.4, -0.2) is 33.1 Å². The lowest BCUT2D eigenvalue weighted by molar-refractivity contribution is -0.118. The summed E-state index contributed by atoms with van der Waals surface area (Å²) in [7, 11) is 0. The Morgan fingerprint density at radius 2 is 2.08 bits per heavy atom. The summed E-state index contributed by atoms with van der Waals surface area (Å²) in [5.74, 6) is 0.0326. The molecule has 3 rings (SSSR count). The molecule has 0 fully saturated rings. The average Bonchev–Trinajstić information content (AvgIpc) is 3.11. The van der Waals surface area contributed by atoms with Gasteiger partial charge in [-0.3, -0.25) is 9.78 Å². The van der Waals surface area contributed by atoms with Gasteiger partial charge < -0.3 is 0 Å². The van der Waals surface area contributed by atoms with Gasteiger partial charge in [0.2, 0.25) is 0 Å². The second kappa shape index (κ2) is 8.50. The molecule has 0 spiro atoms. The zero-order valence-corrected chi connectivity index (χ0v) is 15.0. The SMILES string of the molecule is Cc1ccc(/C=N/NC(=O)CSc2nnc(-c3ccccn3)s2)cc1. The van der Waals surface area contributed by atoms with Crippen molar-refractivity contribution in [3.63, 3.8) is 0 Å². The zero-order valence-electron chi connectivity index (χ0n) is 13.4. The summed E-state index contributed by atoms with van der Waals surface area (Å²) in [6, 6.07) is 13.5. The minimum Gasteiger partial charge on any atom is -0.272 e. The lowest BCUT2D eigenvalue weighted by Gasteiger charge is -1.98. The van der Waals surface area contributed by atoms with Gasteiger partial charge in [-0.25, -0.2) is 5.43 Å². The summed E-state index contributed by atoms with van der Waals surface area (Å²) in [4.78, 5) is 16.1. The zero-order chi connectivity index (χ0) is 17.5. The Hall–Kier alpha value is -2.58. The average molecular weight is 369 g/mol. The number of nitrogens with one attached hydrogen (secondary N) is 1. The third-order valence-corrected chi connectivity index (χ3v) is 5.18. The summed E-state index contributed by atoms with van der Waals surface area (Å²) in [5, 5.41) is 12.9. The first-order valence-corrected chi connectivity index (χ1v) is 9.27. The minimum atomic E-state index is -0.192. The molecule has 0 saturated heterocycles. The minimum absolute atomic E-state index is 0.192. The van der Waals surface area contributed by atoms with Crippen LogP contribution in [0, 0.1) is 6.92 Å². The number of rotatable bonds is 6. The third kappa shape index (κ3) is 5.20. The van der Waals surface area contributed by atoms with Crippen LogP contribution in [0.1, 0.15) is 11.1 Å². The van der Waals surface area contributed by atoms with Gasteiger partial charge in [0, 0.05) is 6.20 Å². The molecule has 1 amide bonds. The van der Waals surface area contributed by atoms with Crippen molar-refractivity contribution in [2.24, 2.45) is 5.10 Å². The van der Waals surface area contributed by atoms with E-state index in [1.54, 1.807) is 12.4 Å². The number of carbonyl (C=O) groups excluding carboxylic acids is 1. The van der Waals surface area contributed by atoms with Crippen LogP contribution >= 0.6 is 23.1 Å². The molecule has 0 atom stereocenters. The summed E-state index contributed by atoms with van der Waals surface area (Å²) >= 11 is 2.73. The lowest BCUT2D eigenvalue weighted by atomic mass is 10.2. The van der Waals surface area contributed by atoms with Gasteiger partial charge in [-0.05, 0) is 24.6 Å². The smallest absolute Gasteiger partial charge is 0.250 e. The summed E-state index contributed by atoms with van der Waals surface area (Å²) in [5.41, 5.74) is 5.40. The van der Waals surface area contributed by atoms with Crippen LogP contribution in [0.2, 0.25) is 0 Å². The highest BCUT2D eigenvalue weighted by atomic mass is 32.2. The molecule has 1 aromatic carbocycles. The third-order valence-electron chi connectivity index (χ3n) is 3.10. The van der Waals surface area contributed by atoms with Gasteiger partial charge in [0.25, 0.3) is 5.91 Å². The molecular weight excluding hydrogens is 354 g/mol. The Labute approximate surface area is 153 Å². The highest BCUT2D eigenvalue weighted by molar-refractivity contribution is 8.01. The largest absolute Gasteiger partial charge is 0.272 e. The highest BCUT2D eigenvalue weighted by Gasteiger charge is 2.09. The maximum Gasteiger partial charge on any atom is 0.250 e. The monoisotopic (exact) mass is 369 g/mol. The standard InChI is InChI=1S/C17H15N5OS2/c1-12-5-7-13(8-6-12)10-19-20-15(23)11-24-17-22-21-16(25-17)14-4-2-3-9-18-14/h2-10H,11H2,1H3,(H,20,23)/b19-10+. The van der Waals surface area contributed by atoms with Crippen LogP contribution in [0.5, 0.6) is 0 Å². The summed E-state index contributed by atoms with van der Waals surface area (Å²) in [6.07, 6.45) is 3.33. The van der Waals surface area contributed by atoms with Gasteiger partial charge in [-0.15, -0.1) is 10.2 Å². The van der Waals surface area contributed by atoms with E-state index < -0.39 is 0 Å². The maximum atomic E-state index is 11.8. The van der Waals surface area contributed by atoms with E-state index in [-0.39, 0.29) is 11.7 Å². The van der Waals surface area contributed by atoms with E-state index in [2.05, 4.69) is 25.7 Å². The van der Waals surface area contributed by atoms with E-state index in [0.717, 1.165) is 20.6 Å². The van der Waals surface area contributed by atoms with Gasteiger partial charge in [0.1, 0.15) is 5.69 Å². The molecule has 1 N–H and O–H groups in total. The molecule has 0 aliphatic heterocycles.